The number of rotatable bonds is 2. The predicted molar refractivity (Wildman–Crippen MR) is 109 cm³/mol. The smallest absolute Gasteiger partial charge is 0.437 e. The van der Waals surface area contributed by atoms with E-state index in [1.54, 1.807) is 47.6 Å². The number of hydrogen-bond donors (Lipinski definition) is 1. The molecule has 0 spiro atoms. The second kappa shape index (κ2) is 9.19. The van der Waals surface area contributed by atoms with Gasteiger partial charge in [-0.1, -0.05) is 0 Å². The summed E-state index contributed by atoms with van der Waals surface area (Å²) in [4.78, 5) is 41.8. The first-order valence-corrected chi connectivity index (χ1v) is 9.71. The number of carbonyl (C=O) groups excluding carboxylic acids is 2. The van der Waals surface area contributed by atoms with Gasteiger partial charge in [0.15, 0.2) is 6.10 Å². The van der Waals surface area contributed by atoms with E-state index in [-0.39, 0.29) is 18.3 Å². The Labute approximate surface area is 180 Å². The lowest BCUT2D eigenvalue weighted by Crippen LogP contribution is -2.52. The van der Waals surface area contributed by atoms with Crippen molar-refractivity contribution in [1.82, 2.24) is 14.7 Å². The molecule has 1 aromatic rings. The number of amides is 2. The highest BCUT2D eigenvalue weighted by molar-refractivity contribution is 6.00. The Kier molecular flexibility index (Phi) is 7.09. The van der Waals surface area contributed by atoms with E-state index in [2.05, 4.69) is 10.1 Å². The molecule has 0 saturated carbocycles. The number of ether oxygens (including phenoxy) is 3. The number of allylic oxidation sites excluding steroid dienone is 1. The monoisotopic (exact) mass is 436 g/mol. The van der Waals surface area contributed by atoms with E-state index in [1.165, 1.54) is 23.2 Å². The summed E-state index contributed by atoms with van der Waals surface area (Å²) in [5.74, 6) is -1.53. The number of aromatic nitrogens is 2. The average molecular weight is 436 g/mol. The van der Waals surface area contributed by atoms with Gasteiger partial charge >= 0.3 is 18.2 Å². The number of hydrogen-bond acceptors (Lipinski definition) is 7. The highest BCUT2D eigenvalue weighted by Gasteiger charge is 2.37. The molecule has 0 bridgehead atoms. The Morgan fingerprint density at radius 3 is 2.45 bits per heavy atom. The molecule has 1 unspecified atom stereocenters. The van der Waals surface area contributed by atoms with Crippen molar-refractivity contribution >= 4 is 24.1 Å². The Morgan fingerprint density at radius 1 is 1.26 bits per heavy atom. The summed E-state index contributed by atoms with van der Waals surface area (Å²) in [5, 5.41) is 13.2. The lowest BCUT2D eigenvalue weighted by atomic mass is 10.1. The van der Waals surface area contributed by atoms with Gasteiger partial charge in [-0.25, -0.2) is 24.0 Å². The third kappa shape index (κ3) is 6.83. The highest BCUT2D eigenvalue weighted by Crippen LogP contribution is 2.23. The molecular weight excluding hydrogens is 408 g/mol. The van der Waals surface area contributed by atoms with Crippen molar-refractivity contribution in [3.8, 4) is 0 Å². The van der Waals surface area contributed by atoms with E-state index in [9.17, 15) is 14.4 Å². The van der Waals surface area contributed by atoms with Crippen LogP contribution in [0.1, 0.15) is 54.4 Å². The maximum Gasteiger partial charge on any atom is 0.437 e. The molecule has 1 aromatic heterocycles. The average Bonchev–Trinajstić information content (AvgIpc) is 3.13. The van der Waals surface area contributed by atoms with Crippen LogP contribution in [-0.4, -0.2) is 61.1 Å². The van der Waals surface area contributed by atoms with Crippen molar-refractivity contribution in [1.29, 1.82) is 0 Å². The molecule has 1 atom stereocenters. The Balaban J connectivity index is 2.38. The van der Waals surface area contributed by atoms with Gasteiger partial charge in [0.1, 0.15) is 5.60 Å². The van der Waals surface area contributed by atoms with Gasteiger partial charge in [0, 0.05) is 17.9 Å². The third-order valence-electron chi connectivity index (χ3n) is 3.81. The SMILES string of the molecule is CC(C)(C)OC(=O)N=C(N(C(=O)OC1=CCCC(C(=O)O)O1)C(C)(C)C)n1cccn1. The van der Waals surface area contributed by atoms with Crippen LogP contribution in [-0.2, 0) is 19.0 Å². The summed E-state index contributed by atoms with van der Waals surface area (Å²) in [6.07, 6.45) is 2.12. The molecule has 170 valence electrons. The Hall–Kier alpha value is -3.37. The lowest BCUT2D eigenvalue weighted by molar-refractivity contribution is -0.152. The van der Waals surface area contributed by atoms with Gasteiger partial charge in [-0.05, 0) is 66.5 Å². The van der Waals surface area contributed by atoms with Crippen LogP contribution in [0.5, 0.6) is 0 Å². The molecule has 11 heteroatoms. The molecule has 2 heterocycles. The number of carboxylic acids is 1. The zero-order chi connectivity index (χ0) is 23.4. The summed E-state index contributed by atoms with van der Waals surface area (Å²) in [6, 6.07) is 1.60. The fourth-order valence-electron chi connectivity index (χ4n) is 2.58. The maximum atomic E-state index is 13.1. The molecule has 31 heavy (non-hydrogen) atoms. The molecule has 2 rings (SSSR count). The Bertz CT molecular complexity index is 876. The number of aliphatic imine (C=N–C) groups is 1. The van der Waals surface area contributed by atoms with Gasteiger partial charge in [0.2, 0.25) is 5.96 Å². The fourth-order valence-corrected chi connectivity index (χ4v) is 2.58. The summed E-state index contributed by atoms with van der Waals surface area (Å²) < 4.78 is 17.0. The van der Waals surface area contributed by atoms with Crippen molar-refractivity contribution in [2.45, 2.75) is 71.6 Å². The zero-order valence-corrected chi connectivity index (χ0v) is 18.5. The first kappa shape index (κ1) is 23.9. The molecule has 2 amide bonds. The predicted octanol–water partition coefficient (Wildman–Crippen LogP) is 3.36. The topological polar surface area (TPSA) is 133 Å². The fraction of sp³-hybridized carbons (Fsp3) is 0.550. The van der Waals surface area contributed by atoms with E-state index in [0.29, 0.717) is 6.42 Å². The highest BCUT2D eigenvalue weighted by atomic mass is 16.7. The van der Waals surface area contributed by atoms with Crippen LogP contribution in [0.2, 0.25) is 0 Å². The summed E-state index contributed by atoms with van der Waals surface area (Å²) >= 11 is 0. The maximum absolute atomic E-state index is 13.1. The molecule has 1 aliphatic rings. The van der Waals surface area contributed by atoms with E-state index in [1.807, 2.05) is 0 Å². The quantitative estimate of drug-likeness (QED) is 0.551. The molecule has 0 fully saturated rings. The van der Waals surface area contributed by atoms with Gasteiger partial charge in [0.25, 0.3) is 5.95 Å². The van der Waals surface area contributed by atoms with Gasteiger partial charge in [-0.3, -0.25) is 0 Å². The van der Waals surface area contributed by atoms with E-state index < -0.39 is 35.4 Å². The first-order valence-electron chi connectivity index (χ1n) is 9.71. The van der Waals surface area contributed by atoms with Crippen LogP contribution < -0.4 is 0 Å². The van der Waals surface area contributed by atoms with E-state index >= 15 is 0 Å². The summed E-state index contributed by atoms with van der Waals surface area (Å²) in [6.45, 7) is 10.2. The standard InChI is InChI=1S/C20H28N4O7/c1-19(2,3)24(18(28)30-14-10-7-9-13(29-14)15(25)26)16(23-12-8-11-21-23)22-17(27)31-20(4,5)6/h8,10-13H,7,9H2,1-6H3,(H,25,26). The number of aliphatic carboxylic acids is 1. The second-order valence-electron chi connectivity index (χ2n) is 8.76. The number of nitrogens with zero attached hydrogens (tertiary/aromatic N) is 4. The van der Waals surface area contributed by atoms with Crippen LogP contribution in [0.25, 0.3) is 0 Å². The number of carbonyl (C=O) groups is 3. The second-order valence-corrected chi connectivity index (χ2v) is 8.76. The minimum Gasteiger partial charge on any atom is -0.479 e. The van der Waals surface area contributed by atoms with Crippen molar-refractivity contribution < 1.29 is 33.7 Å². The van der Waals surface area contributed by atoms with Crippen LogP contribution >= 0.6 is 0 Å². The van der Waals surface area contributed by atoms with Gasteiger partial charge in [0.05, 0.1) is 0 Å². The third-order valence-corrected chi connectivity index (χ3v) is 3.81. The van der Waals surface area contributed by atoms with E-state index in [4.69, 9.17) is 19.3 Å². The van der Waals surface area contributed by atoms with Crippen LogP contribution in [0, 0.1) is 0 Å². The van der Waals surface area contributed by atoms with Gasteiger partial charge in [-0.15, -0.1) is 4.99 Å². The minimum absolute atomic E-state index is 0.150. The van der Waals surface area contributed by atoms with Crippen molar-refractivity contribution in [2.75, 3.05) is 0 Å². The number of carboxylic acid groups (broad SMARTS) is 1. The van der Waals surface area contributed by atoms with Crippen molar-refractivity contribution in [2.24, 2.45) is 4.99 Å². The summed E-state index contributed by atoms with van der Waals surface area (Å²) in [5.41, 5.74) is -1.71. The van der Waals surface area contributed by atoms with Crippen LogP contribution in [0.15, 0.2) is 35.5 Å². The Morgan fingerprint density at radius 2 is 1.94 bits per heavy atom. The normalized spacial score (nSPS) is 17.3. The van der Waals surface area contributed by atoms with Crippen molar-refractivity contribution in [3.05, 3.63) is 30.5 Å². The summed E-state index contributed by atoms with van der Waals surface area (Å²) in [7, 11) is 0. The van der Waals surface area contributed by atoms with Crippen molar-refractivity contribution in [3.63, 3.8) is 0 Å². The molecule has 0 aromatic carbocycles. The molecule has 1 aliphatic heterocycles. The molecule has 0 aliphatic carbocycles. The van der Waals surface area contributed by atoms with Crippen LogP contribution in [0.3, 0.4) is 0 Å². The van der Waals surface area contributed by atoms with Gasteiger partial charge < -0.3 is 19.3 Å². The first-order chi connectivity index (χ1) is 14.3. The van der Waals surface area contributed by atoms with Gasteiger partial charge in [-0.2, -0.15) is 5.10 Å². The molecule has 0 saturated heterocycles. The van der Waals surface area contributed by atoms with Crippen LogP contribution in [0.4, 0.5) is 9.59 Å². The lowest BCUT2D eigenvalue weighted by Gasteiger charge is -2.35. The minimum atomic E-state index is -1.15. The zero-order valence-electron chi connectivity index (χ0n) is 18.5. The van der Waals surface area contributed by atoms with E-state index in [0.717, 1.165) is 4.90 Å². The largest absolute Gasteiger partial charge is 0.479 e. The molecule has 0 radical (unpaired) electrons. The molecule has 1 N–H and O–H groups in total. The molecular formula is C20H28N4O7. The molecule has 11 nitrogen and oxygen atoms in total.